The third-order valence-electron chi connectivity index (χ3n) is 1.86. The van der Waals surface area contributed by atoms with Crippen molar-refractivity contribution in [3.8, 4) is 11.8 Å². The summed E-state index contributed by atoms with van der Waals surface area (Å²) in [4.78, 5) is 0. The van der Waals surface area contributed by atoms with Gasteiger partial charge in [0.05, 0.1) is 0 Å². The number of rotatable bonds is 2. The molecule has 14 heavy (non-hydrogen) atoms. The lowest BCUT2D eigenvalue weighted by molar-refractivity contribution is 0.750. The maximum Gasteiger partial charge on any atom is 0.0417 e. The fraction of sp³-hybridized carbons (Fsp3) is 0.273. The maximum absolute atomic E-state index is 5.98. The van der Waals surface area contributed by atoms with Crippen LogP contribution in [0.25, 0.3) is 0 Å². The number of hydrogen-bond acceptors (Lipinski definition) is 1. The minimum atomic E-state index is -0.0232. The fourth-order valence-electron chi connectivity index (χ4n) is 1.12. The van der Waals surface area contributed by atoms with Gasteiger partial charge in [0, 0.05) is 21.4 Å². The standard InChI is InChI=1S/C11H11Br2N/c1-2-3-4-11(14)9-6-5-8(12)7-10(9)13/h5-7,11H,4,14H2,1H3. The molecule has 0 saturated carbocycles. The molecule has 74 valence electrons. The Labute approximate surface area is 101 Å². The van der Waals surface area contributed by atoms with Crippen molar-refractivity contribution in [2.45, 2.75) is 19.4 Å². The van der Waals surface area contributed by atoms with Crippen molar-refractivity contribution < 1.29 is 0 Å². The summed E-state index contributed by atoms with van der Waals surface area (Å²) in [5.74, 6) is 5.83. The Morgan fingerprint density at radius 3 is 2.71 bits per heavy atom. The van der Waals surface area contributed by atoms with Crippen LogP contribution >= 0.6 is 31.9 Å². The third-order valence-corrected chi connectivity index (χ3v) is 3.04. The predicted octanol–water partition coefficient (Wildman–Crippen LogP) is 3.62. The van der Waals surface area contributed by atoms with Crippen molar-refractivity contribution in [3.63, 3.8) is 0 Å². The Morgan fingerprint density at radius 2 is 2.14 bits per heavy atom. The zero-order valence-corrected chi connectivity index (χ0v) is 11.0. The van der Waals surface area contributed by atoms with Crippen LogP contribution in [0.15, 0.2) is 27.1 Å². The summed E-state index contributed by atoms with van der Waals surface area (Å²) >= 11 is 6.88. The van der Waals surface area contributed by atoms with Crippen LogP contribution in [-0.2, 0) is 0 Å². The molecule has 0 radical (unpaired) electrons. The summed E-state index contributed by atoms with van der Waals surface area (Å²) in [6.07, 6.45) is 0.691. The van der Waals surface area contributed by atoms with E-state index in [-0.39, 0.29) is 6.04 Å². The van der Waals surface area contributed by atoms with Gasteiger partial charge in [0.15, 0.2) is 0 Å². The molecule has 3 heteroatoms. The molecule has 1 aromatic carbocycles. The minimum absolute atomic E-state index is 0.0232. The van der Waals surface area contributed by atoms with Gasteiger partial charge in [-0.15, -0.1) is 11.8 Å². The van der Waals surface area contributed by atoms with E-state index in [4.69, 9.17) is 5.73 Å². The van der Waals surface area contributed by atoms with E-state index in [0.717, 1.165) is 14.5 Å². The Morgan fingerprint density at radius 1 is 1.43 bits per heavy atom. The van der Waals surface area contributed by atoms with Crippen molar-refractivity contribution in [2.24, 2.45) is 5.73 Å². The van der Waals surface area contributed by atoms with E-state index in [1.807, 2.05) is 25.1 Å². The first-order chi connectivity index (χ1) is 6.65. The van der Waals surface area contributed by atoms with Gasteiger partial charge in [-0.05, 0) is 24.6 Å². The number of nitrogens with two attached hydrogens (primary N) is 1. The maximum atomic E-state index is 5.98. The zero-order chi connectivity index (χ0) is 10.6. The highest BCUT2D eigenvalue weighted by atomic mass is 79.9. The normalized spacial score (nSPS) is 11.7. The smallest absolute Gasteiger partial charge is 0.0417 e. The van der Waals surface area contributed by atoms with Gasteiger partial charge in [0.2, 0.25) is 0 Å². The van der Waals surface area contributed by atoms with E-state index in [1.54, 1.807) is 0 Å². The Kier molecular flexibility index (Phi) is 4.67. The molecule has 0 aromatic heterocycles. The molecule has 1 unspecified atom stereocenters. The van der Waals surface area contributed by atoms with E-state index in [0.29, 0.717) is 6.42 Å². The monoisotopic (exact) mass is 315 g/mol. The summed E-state index contributed by atoms with van der Waals surface area (Å²) < 4.78 is 2.07. The third kappa shape index (κ3) is 3.13. The topological polar surface area (TPSA) is 26.0 Å². The summed E-state index contributed by atoms with van der Waals surface area (Å²) in [5, 5.41) is 0. The van der Waals surface area contributed by atoms with Crippen LogP contribution < -0.4 is 5.73 Å². The molecular formula is C11H11Br2N. The summed E-state index contributed by atoms with van der Waals surface area (Å²) in [6, 6.07) is 5.97. The first kappa shape index (κ1) is 11.8. The minimum Gasteiger partial charge on any atom is -0.323 e. The summed E-state index contributed by atoms with van der Waals surface area (Å²) in [7, 11) is 0. The van der Waals surface area contributed by atoms with E-state index >= 15 is 0 Å². The lowest BCUT2D eigenvalue weighted by Gasteiger charge is -2.10. The highest BCUT2D eigenvalue weighted by Gasteiger charge is 2.08. The molecule has 1 nitrogen and oxygen atoms in total. The molecule has 1 aromatic rings. The Bertz CT molecular complexity index is 377. The van der Waals surface area contributed by atoms with Crippen molar-refractivity contribution in [3.05, 3.63) is 32.7 Å². The van der Waals surface area contributed by atoms with Gasteiger partial charge in [-0.3, -0.25) is 0 Å². The average Bonchev–Trinajstić information content (AvgIpc) is 2.14. The van der Waals surface area contributed by atoms with Crippen molar-refractivity contribution in [1.82, 2.24) is 0 Å². The van der Waals surface area contributed by atoms with Gasteiger partial charge < -0.3 is 5.73 Å². The average molecular weight is 317 g/mol. The molecule has 0 heterocycles. The molecule has 1 rings (SSSR count). The molecule has 2 N–H and O–H groups in total. The summed E-state index contributed by atoms with van der Waals surface area (Å²) in [5.41, 5.74) is 7.08. The van der Waals surface area contributed by atoms with Crippen LogP contribution in [-0.4, -0.2) is 0 Å². The molecular weight excluding hydrogens is 306 g/mol. The van der Waals surface area contributed by atoms with Crippen LogP contribution in [0, 0.1) is 11.8 Å². The van der Waals surface area contributed by atoms with Gasteiger partial charge in [-0.2, -0.15) is 0 Å². The van der Waals surface area contributed by atoms with Gasteiger partial charge in [-0.25, -0.2) is 0 Å². The number of benzene rings is 1. The zero-order valence-electron chi connectivity index (χ0n) is 7.85. The summed E-state index contributed by atoms with van der Waals surface area (Å²) in [6.45, 7) is 1.82. The Balaban J connectivity index is 2.88. The first-order valence-electron chi connectivity index (χ1n) is 4.25. The van der Waals surface area contributed by atoms with E-state index in [9.17, 15) is 0 Å². The number of hydrogen-bond donors (Lipinski definition) is 1. The molecule has 0 amide bonds. The second-order valence-corrected chi connectivity index (χ2v) is 4.67. The quantitative estimate of drug-likeness (QED) is 0.828. The highest BCUT2D eigenvalue weighted by Crippen LogP contribution is 2.26. The van der Waals surface area contributed by atoms with Gasteiger partial charge >= 0.3 is 0 Å². The van der Waals surface area contributed by atoms with Crippen molar-refractivity contribution in [1.29, 1.82) is 0 Å². The van der Waals surface area contributed by atoms with Gasteiger partial charge in [0.1, 0.15) is 0 Å². The van der Waals surface area contributed by atoms with Crippen LogP contribution in [0.1, 0.15) is 24.9 Å². The first-order valence-corrected chi connectivity index (χ1v) is 5.84. The van der Waals surface area contributed by atoms with Crippen LogP contribution in [0.2, 0.25) is 0 Å². The van der Waals surface area contributed by atoms with Crippen LogP contribution in [0.3, 0.4) is 0 Å². The van der Waals surface area contributed by atoms with Crippen molar-refractivity contribution in [2.75, 3.05) is 0 Å². The van der Waals surface area contributed by atoms with E-state index < -0.39 is 0 Å². The predicted molar refractivity (Wildman–Crippen MR) is 66.8 cm³/mol. The lowest BCUT2D eigenvalue weighted by atomic mass is 10.1. The van der Waals surface area contributed by atoms with Crippen LogP contribution in [0.4, 0.5) is 0 Å². The Hall–Kier alpha value is -0.300. The molecule has 0 aliphatic heterocycles. The molecule has 0 saturated heterocycles. The largest absolute Gasteiger partial charge is 0.323 e. The fourth-order valence-corrected chi connectivity index (χ4v) is 2.47. The molecule has 0 spiro atoms. The van der Waals surface area contributed by atoms with Crippen LogP contribution in [0.5, 0.6) is 0 Å². The van der Waals surface area contributed by atoms with E-state index in [1.165, 1.54) is 0 Å². The van der Waals surface area contributed by atoms with Gasteiger partial charge in [-0.1, -0.05) is 37.9 Å². The van der Waals surface area contributed by atoms with Crippen molar-refractivity contribution >= 4 is 31.9 Å². The molecule has 0 fully saturated rings. The second-order valence-electron chi connectivity index (χ2n) is 2.90. The number of halogens is 2. The molecule has 0 bridgehead atoms. The van der Waals surface area contributed by atoms with E-state index in [2.05, 4.69) is 43.7 Å². The second kappa shape index (κ2) is 5.55. The molecule has 0 aliphatic carbocycles. The molecule has 1 atom stereocenters. The molecule has 0 aliphatic rings. The highest BCUT2D eigenvalue weighted by molar-refractivity contribution is 9.11. The SMILES string of the molecule is CC#CCC(N)c1ccc(Br)cc1Br. The lowest BCUT2D eigenvalue weighted by Crippen LogP contribution is -2.09. The van der Waals surface area contributed by atoms with Gasteiger partial charge in [0.25, 0.3) is 0 Å².